The highest BCUT2D eigenvalue weighted by Gasteiger charge is 2.42. The Balaban J connectivity index is 1.53. The molecule has 0 spiro atoms. The summed E-state index contributed by atoms with van der Waals surface area (Å²) in [6.07, 6.45) is 3.05. The van der Waals surface area contributed by atoms with Crippen molar-refractivity contribution < 1.29 is 32.6 Å². The summed E-state index contributed by atoms with van der Waals surface area (Å²) >= 11 is 0. The lowest BCUT2D eigenvalue weighted by atomic mass is 9.75. The molecule has 3 fully saturated rings. The SMILES string of the molecule is CC1(COc2cc(F)c(C(=O)N3CCC[C@H]3C(=O)O)cc2C2CC2)CCC(F)(F)CC1. The van der Waals surface area contributed by atoms with Gasteiger partial charge in [0.2, 0.25) is 5.92 Å². The highest BCUT2D eigenvalue weighted by Crippen LogP contribution is 2.47. The second-order valence-corrected chi connectivity index (χ2v) is 9.59. The second kappa shape index (κ2) is 8.02. The van der Waals surface area contributed by atoms with Crippen LogP contribution >= 0.6 is 0 Å². The molecule has 1 aromatic rings. The van der Waals surface area contributed by atoms with Crippen molar-refractivity contribution in [3.8, 4) is 5.75 Å². The maximum Gasteiger partial charge on any atom is 0.326 e. The molecule has 1 amide bonds. The van der Waals surface area contributed by atoms with Gasteiger partial charge in [0, 0.05) is 30.9 Å². The zero-order valence-corrected chi connectivity index (χ0v) is 17.6. The number of aliphatic carboxylic acids is 1. The van der Waals surface area contributed by atoms with Crippen molar-refractivity contribution in [2.45, 2.75) is 76.2 Å². The number of rotatable bonds is 6. The Morgan fingerprint density at radius 2 is 1.84 bits per heavy atom. The van der Waals surface area contributed by atoms with Gasteiger partial charge in [0.25, 0.3) is 5.91 Å². The third-order valence-corrected chi connectivity index (χ3v) is 6.91. The second-order valence-electron chi connectivity index (χ2n) is 9.59. The predicted molar refractivity (Wildman–Crippen MR) is 107 cm³/mol. The molecule has 3 aliphatic rings. The fourth-order valence-corrected chi connectivity index (χ4v) is 4.61. The number of carboxylic acids is 1. The van der Waals surface area contributed by atoms with Crippen molar-refractivity contribution in [1.82, 2.24) is 4.90 Å². The molecule has 2 aliphatic carbocycles. The van der Waals surface area contributed by atoms with E-state index in [1.165, 1.54) is 17.0 Å². The molecule has 0 unspecified atom stereocenters. The number of hydrogen-bond acceptors (Lipinski definition) is 3. The highest BCUT2D eigenvalue weighted by atomic mass is 19.3. The van der Waals surface area contributed by atoms with Crippen molar-refractivity contribution >= 4 is 11.9 Å². The third-order valence-electron chi connectivity index (χ3n) is 6.91. The molecule has 4 rings (SSSR count). The normalized spacial score (nSPS) is 24.8. The van der Waals surface area contributed by atoms with Crippen molar-refractivity contribution in [2.75, 3.05) is 13.2 Å². The van der Waals surface area contributed by atoms with Crippen LogP contribution in [-0.2, 0) is 4.79 Å². The zero-order chi connectivity index (χ0) is 22.4. The fourth-order valence-electron chi connectivity index (χ4n) is 4.61. The number of benzene rings is 1. The average Bonchev–Trinajstić information content (AvgIpc) is 3.43. The van der Waals surface area contributed by atoms with Crippen LogP contribution in [0.3, 0.4) is 0 Å². The number of alkyl halides is 2. The zero-order valence-electron chi connectivity index (χ0n) is 17.6. The number of carboxylic acid groups (broad SMARTS) is 1. The largest absolute Gasteiger partial charge is 0.493 e. The molecular weight excluding hydrogens is 411 g/mol. The van der Waals surface area contributed by atoms with Crippen LogP contribution in [0.5, 0.6) is 5.75 Å². The molecule has 1 N–H and O–H groups in total. The summed E-state index contributed by atoms with van der Waals surface area (Å²) in [4.78, 5) is 25.6. The molecule has 0 radical (unpaired) electrons. The van der Waals surface area contributed by atoms with E-state index in [4.69, 9.17) is 4.74 Å². The van der Waals surface area contributed by atoms with Crippen LogP contribution in [0.4, 0.5) is 13.2 Å². The van der Waals surface area contributed by atoms with Gasteiger partial charge in [-0.1, -0.05) is 6.92 Å². The standard InChI is InChI=1S/C23H28F3NO4/c1-22(6-8-23(25,26)9-7-22)13-31-19-12-17(24)16(11-15(19)14-4-5-14)20(28)27-10-2-3-18(27)21(29)30/h11-12,14,18H,2-10,13H2,1H3,(H,29,30)/t18-/m0/s1. The molecule has 31 heavy (non-hydrogen) atoms. The smallest absolute Gasteiger partial charge is 0.326 e. The minimum Gasteiger partial charge on any atom is -0.493 e. The molecule has 0 aromatic heterocycles. The number of ether oxygens (including phenoxy) is 1. The van der Waals surface area contributed by atoms with Gasteiger partial charge in [-0.25, -0.2) is 18.0 Å². The van der Waals surface area contributed by atoms with Gasteiger partial charge in [0.15, 0.2) is 0 Å². The number of amides is 1. The third kappa shape index (κ3) is 4.67. The van der Waals surface area contributed by atoms with E-state index in [1.54, 1.807) is 0 Å². The Bertz CT molecular complexity index is 874. The van der Waals surface area contributed by atoms with E-state index < -0.39 is 35.1 Å². The summed E-state index contributed by atoms with van der Waals surface area (Å²) in [5, 5.41) is 9.34. The van der Waals surface area contributed by atoms with Crippen molar-refractivity contribution in [3.05, 3.63) is 29.1 Å². The molecule has 1 atom stereocenters. The van der Waals surface area contributed by atoms with Crippen molar-refractivity contribution in [2.24, 2.45) is 5.41 Å². The Hall–Kier alpha value is -2.25. The Morgan fingerprint density at radius 1 is 1.16 bits per heavy atom. The van der Waals surface area contributed by atoms with E-state index in [-0.39, 0.29) is 37.5 Å². The highest BCUT2D eigenvalue weighted by molar-refractivity contribution is 5.97. The van der Waals surface area contributed by atoms with Gasteiger partial charge in [-0.2, -0.15) is 0 Å². The summed E-state index contributed by atoms with van der Waals surface area (Å²) in [7, 11) is 0. The van der Waals surface area contributed by atoms with Crippen LogP contribution in [0.25, 0.3) is 0 Å². The van der Waals surface area contributed by atoms with Crippen LogP contribution in [0, 0.1) is 11.2 Å². The van der Waals surface area contributed by atoms with Gasteiger partial charge >= 0.3 is 5.97 Å². The van der Waals surface area contributed by atoms with Gasteiger partial charge in [0.05, 0.1) is 12.2 Å². The quantitative estimate of drug-likeness (QED) is 0.678. The van der Waals surface area contributed by atoms with Crippen LogP contribution in [0.1, 0.15) is 80.1 Å². The number of nitrogens with zero attached hydrogens (tertiary/aromatic N) is 1. The predicted octanol–water partition coefficient (Wildman–Crippen LogP) is 4.99. The summed E-state index contributed by atoms with van der Waals surface area (Å²) in [6.45, 7) is 2.41. The molecule has 1 heterocycles. The van der Waals surface area contributed by atoms with Gasteiger partial charge in [-0.05, 0) is 56.1 Å². The number of carbonyl (C=O) groups excluding carboxylic acids is 1. The number of likely N-dealkylation sites (tertiary alicyclic amines) is 1. The Labute approximate surface area is 179 Å². The monoisotopic (exact) mass is 439 g/mol. The van der Waals surface area contributed by atoms with Crippen LogP contribution in [-0.4, -0.2) is 47.0 Å². The molecular formula is C23H28F3NO4. The first-order valence-electron chi connectivity index (χ1n) is 11.0. The van der Waals surface area contributed by atoms with E-state index in [0.717, 1.165) is 18.4 Å². The summed E-state index contributed by atoms with van der Waals surface area (Å²) in [5.41, 5.74) is 0.198. The molecule has 8 heteroatoms. The maximum atomic E-state index is 14.9. The van der Waals surface area contributed by atoms with Crippen LogP contribution in [0.2, 0.25) is 0 Å². The molecule has 2 saturated carbocycles. The topological polar surface area (TPSA) is 66.8 Å². The minimum absolute atomic E-state index is 0.133. The van der Waals surface area contributed by atoms with E-state index in [0.29, 0.717) is 31.4 Å². The summed E-state index contributed by atoms with van der Waals surface area (Å²) in [6, 6.07) is 1.77. The van der Waals surface area contributed by atoms with E-state index in [2.05, 4.69) is 0 Å². The van der Waals surface area contributed by atoms with Crippen LogP contribution in [0.15, 0.2) is 12.1 Å². The van der Waals surface area contributed by atoms with Crippen LogP contribution < -0.4 is 4.74 Å². The number of halogens is 3. The Kier molecular flexibility index (Phi) is 5.68. The van der Waals surface area contributed by atoms with E-state index in [1.807, 2.05) is 6.92 Å². The fraction of sp³-hybridized carbons (Fsp3) is 0.652. The van der Waals surface area contributed by atoms with Gasteiger partial charge in [-0.3, -0.25) is 4.79 Å². The van der Waals surface area contributed by atoms with Gasteiger partial charge in [-0.15, -0.1) is 0 Å². The first kappa shape index (κ1) is 22.0. The van der Waals surface area contributed by atoms with E-state index >= 15 is 0 Å². The first-order chi connectivity index (χ1) is 14.6. The molecule has 5 nitrogen and oxygen atoms in total. The van der Waals surface area contributed by atoms with Crippen molar-refractivity contribution in [1.29, 1.82) is 0 Å². The average molecular weight is 439 g/mol. The first-order valence-corrected chi connectivity index (χ1v) is 11.0. The Morgan fingerprint density at radius 3 is 2.45 bits per heavy atom. The lowest BCUT2D eigenvalue weighted by Gasteiger charge is -2.37. The lowest BCUT2D eigenvalue weighted by molar-refractivity contribution is -0.141. The van der Waals surface area contributed by atoms with Gasteiger partial charge in [0.1, 0.15) is 17.6 Å². The van der Waals surface area contributed by atoms with Gasteiger partial charge < -0.3 is 14.7 Å². The number of hydrogen-bond donors (Lipinski definition) is 1. The summed E-state index contributed by atoms with van der Waals surface area (Å²) < 4.78 is 47.9. The molecule has 1 saturated heterocycles. The number of carbonyl (C=O) groups is 2. The van der Waals surface area contributed by atoms with E-state index in [9.17, 15) is 27.9 Å². The van der Waals surface area contributed by atoms with Crippen molar-refractivity contribution in [3.63, 3.8) is 0 Å². The molecule has 1 aliphatic heterocycles. The molecule has 1 aromatic carbocycles. The summed E-state index contributed by atoms with van der Waals surface area (Å²) in [5.74, 6) is -4.56. The minimum atomic E-state index is -2.63. The lowest BCUT2D eigenvalue weighted by Crippen LogP contribution is -2.40. The molecule has 170 valence electrons. The maximum absolute atomic E-state index is 14.9. The molecule has 0 bridgehead atoms.